The van der Waals surface area contributed by atoms with Crippen LogP contribution in [0.25, 0.3) is 0 Å². The monoisotopic (exact) mass is 264 g/mol. The van der Waals surface area contributed by atoms with Crippen molar-refractivity contribution in [1.29, 1.82) is 0 Å². The predicted molar refractivity (Wildman–Crippen MR) is 75.9 cm³/mol. The summed E-state index contributed by atoms with van der Waals surface area (Å²) in [6.07, 6.45) is 7.17. The first kappa shape index (κ1) is 12.6. The Balaban J connectivity index is 1.52. The summed E-state index contributed by atoms with van der Waals surface area (Å²) in [4.78, 5) is 2.71. The van der Waals surface area contributed by atoms with Gasteiger partial charge in [0.2, 0.25) is 0 Å². The fourth-order valence-electron chi connectivity index (χ4n) is 5.54. The molecule has 0 aromatic rings. The lowest BCUT2D eigenvalue weighted by atomic mass is 9.46. The highest BCUT2D eigenvalue weighted by Gasteiger charge is 2.67. The lowest BCUT2D eigenvalue weighted by Crippen LogP contribution is -2.80. The van der Waals surface area contributed by atoms with Crippen molar-refractivity contribution in [2.45, 2.75) is 63.6 Å². The molecule has 0 spiro atoms. The lowest BCUT2D eigenvalue weighted by molar-refractivity contribution is -0.232. The Labute approximate surface area is 116 Å². The number of hydrogen-bond donors (Lipinski definition) is 1. The molecule has 0 aromatic carbocycles. The first-order chi connectivity index (χ1) is 9.02. The van der Waals surface area contributed by atoms with Crippen LogP contribution in [0.2, 0.25) is 0 Å². The van der Waals surface area contributed by atoms with E-state index in [-0.39, 0.29) is 11.0 Å². The maximum Gasteiger partial charge on any atom is 0.0690 e. The van der Waals surface area contributed by atoms with Crippen molar-refractivity contribution < 1.29 is 4.74 Å². The third-order valence-electron chi connectivity index (χ3n) is 6.88. The zero-order valence-electron chi connectivity index (χ0n) is 12.4. The van der Waals surface area contributed by atoms with Crippen LogP contribution in [0.15, 0.2) is 0 Å². The molecule has 4 fully saturated rings. The highest BCUT2D eigenvalue weighted by Crippen LogP contribution is 2.58. The molecular weight excluding hydrogens is 236 g/mol. The molecule has 3 nitrogen and oxygen atoms in total. The Morgan fingerprint density at radius 3 is 2.79 bits per heavy atom. The van der Waals surface area contributed by atoms with Gasteiger partial charge in [-0.05, 0) is 38.0 Å². The van der Waals surface area contributed by atoms with E-state index in [2.05, 4.69) is 18.7 Å². The normalized spacial score (nSPS) is 51.9. The molecule has 2 N–H and O–H groups in total. The van der Waals surface area contributed by atoms with E-state index in [1.165, 1.54) is 38.6 Å². The molecule has 0 amide bonds. The van der Waals surface area contributed by atoms with E-state index in [4.69, 9.17) is 10.5 Å². The third kappa shape index (κ3) is 1.55. The zero-order valence-corrected chi connectivity index (χ0v) is 12.4. The topological polar surface area (TPSA) is 38.5 Å². The summed E-state index contributed by atoms with van der Waals surface area (Å²) < 4.78 is 6.02. The number of rotatable bonds is 2. The van der Waals surface area contributed by atoms with E-state index in [1.54, 1.807) is 0 Å². The summed E-state index contributed by atoms with van der Waals surface area (Å²) in [7, 11) is 0. The van der Waals surface area contributed by atoms with Crippen LogP contribution < -0.4 is 5.73 Å². The van der Waals surface area contributed by atoms with E-state index < -0.39 is 0 Å². The number of ether oxygens (including phenoxy) is 1. The van der Waals surface area contributed by atoms with Crippen molar-refractivity contribution in [2.24, 2.45) is 23.0 Å². The molecule has 108 valence electrons. The van der Waals surface area contributed by atoms with Gasteiger partial charge in [0.15, 0.2) is 0 Å². The van der Waals surface area contributed by atoms with Crippen LogP contribution in [0.3, 0.4) is 0 Å². The van der Waals surface area contributed by atoms with Crippen LogP contribution in [0.1, 0.15) is 46.0 Å². The number of hydrogen-bond acceptors (Lipinski definition) is 3. The fraction of sp³-hybridized carbons (Fsp3) is 1.00. The molecule has 0 radical (unpaired) electrons. The van der Waals surface area contributed by atoms with Crippen LogP contribution in [0.5, 0.6) is 0 Å². The molecule has 2 saturated carbocycles. The Morgan fingerprint density at radius 2 is 2.11 bits per heavy atom. The molecular formula is C16H28N2O. The van der Waals surface area contributed by atoms with Crippen molar-refractivity contribution in [3.8, 4) is 0 Å². The van der Waals surface area contributed by atoms with Gasteiger partial charge in [0, 0.05) is 42.6 Å². The van der Waals surface area contributed by atoms with Gasteiger partial charge in [-0.1, -0.05) is 13.8 Å². The van der Waals surface area contributed by atoms with E-state index in [9.17, 15) is 0 Å². The maximum atomic E-state index is 6.93. The van der Waals surface area contributed by atoms with Gasteiger partial charge < -0.3 is 10.5 Å². The van der Waals surface area contributed by atoms with Gasteiger partial charge >= 0.3 is 0 Å². The van der Waals surface area contributed by atoms with E-state index in [0.717, 1.165) is 25.1 Å². The molecule has 3 heteroatoms. The maximum absolute atomic E-state index is 6.93. The highest BCUT2D eigenvalue weighted by atomic mass is 16.5. The van der Waals surface area contributed by atoms with Crippen molar-refractivity contribution in [1.82, 2.24) is 4.90 Å². The molecule has 2 heterocycles. The Bertz CT molecular complexity index is 383. The first-order valence-electron chi connectivity index (χ1n) is 8.17. The molecule has 4 aliphatic rings. The quantitative estimate of drug-likeness (QED) is 0.829. The summed E-state index contributed by atoms with van der Waals surface area (Å²) in [6, 6.07) is 0.838. The van der Waals surface area contributed by atoms with Crippen molar-refractivity contribution >= 4 is 0 Å². The molecule has 2 bridgehead atoms. The van der Waals surface area contributed by atoms with Gasteiger partial charge in [0.05, 0.1) is 6.10 Å². The minimum Gasteiger partial charge on any atom is -0.377 e. The summed E-state index contributed by atoms with van der Waals surface area (Å²) in [5.74, 6) is 1.56. The van der Waals surface area contributed by atoms with E-state index >= 15 is 0 Å². The van der Waals surface area contributed by atoms with Crippen LogP contribution in [0.4, 0.5) is 0 Å². The summed E-state index contributed by atoms with van der Waals surface area (Å²) >= 11 is 0. The van der Waals surface area contributed by atoms with Gasteiger partial charge in [-0.25, -0.2) is 0 Å². The molecule has 2 saturated heterocycles. The SMILES string of the molecule is CC1(C)C2OCCCC2C1(N)CN1CC2CCC1C2. The molecule has 2 aliphatic carbocycles. The number of likely N-dealkylation sites (tertiary alicyclic amines) is 1. The average molecular weight is 264 g/mol. The Morgan fingerprint density at radius 1 is 1.26 bits per heavy atom. The van der Waals surface area contributed by atoms with Crippen molar-refractivity contribution in [3.63, 3.8) is 0 Å². The Kier molecular flexibility index (Phi) is 2.63. The zero-order chi connectivity index (χ0) is 13.3. The minimum absolute atomic E-state index is 0.0252. The van der Waals surface area contributed by atoms with Crippen LogP contribution in [-0.2, 0) is 4.74 Å². The molecule has 5 atom stereocenters. The van der Waals surface area contributed by atoms with E-state index in [0.29, 0.717) is 12.0 Å². The molecule has 2 aliphatic heterocycles. The number of nitrogens with two attached hydrogens (primary N) is 1. The predicted octanol–water partition coefficient (Wildman–Crippen LogP) is 2.00. The van der Waals surface area contributed by atoms with Crippen molar-refractivity contribution in [2.75, 3.05) is 19.7 Å². The second-order valence-electron chi connectivity index (χ2n) is 8.06. The Hall–Kier alpha value is -0.120. The molecule has 4 rings (SSSR count). The highest BCUT2D eigenvalue weighted by molar-refractivity contribution is 5.21. The van der Waals surface area contributed by atoms with E-state index in [1.807, 2.05) is 0 Å². The van der Waals surface area contributed by atoms with Crippen molar-refractivity contribution in [3.05, 3.63) is 0 Å². The van der Waals surface area contributed by atoms with Gasteiger partial charge in [-0.2, -0.15) is 0 Å². The second-order valence-corrected chi connectivity index (χ2v) is 8.06. The summed E-state index contributed by atoms with van der Waals surface area (Å²) in [6.45, 7) is 8.00. The van der Waals surface area contributed by atoms with Gasteiger partial charge in [0.25, 0.3) is 0 Å². The number of piperidine rings is 1. The third-order valence-corrected chi connectivity index (χ3v) is 6.88. The van der Waals surface area contributed by atoms with Crippen LogP contribution >= 0.6 is 0 Å². The first-order valence-corrected chi connectivity index (χ1v) is 8.17. The number of fused-ring (bicyclic) bond motifs is 3. The molecule has 5 unspecified atom stereocenters. The van der Waals surface area contributed by atoms with Crippen LogP contribution in [-0.4, -0.2) is 42.3 Å². The summed E-state index contributed by atoms with van der Waals surface area (Å²) in [5, 5.41) is 0. The standard InChI is InChI=1S/C16H28N2O/c1-15(2)14-13(4-3-7-19-14)16(15,17)10-18-9-11-5-6-12(18)8-11/h11-14H,3-10,17H2,1-2H3. The number of nitrogens with zero attached hydrogens (tertiary/aromatic N) is 1. The average Bonchev–Trinajstić information content (AvgIpc) is 3.01. The van der Waals surface area contributed by atoms with Gasteiger partial charge in [0.1, 0.15) is 0 Å². The minimum atomic E-state index is -0.0252. The van der Waals surface area contributed by atoms with Crippen LogP contribution in [0, 0.1) is 17.3 Å². The summed E-state index contributed by atoms with van der Waals surface area (Å²) in [5.41, 5.74) is 7.04. The smallest absolute Gasteiger partial charge is 0.0690 e. The van der Waals surface area contributed by atoms with Gasteiger partial charge in [-0.15, -0.1) is 0 Å². The molecule has 0 aromatic heterocycles. The fourth-order valence-corrected chi connectivity index (χ4v) is 5.54. The van der Waals surface area contributed by atoms with Gasteiger partial charge in [-0.3, -0.25) is 4.90 Å². The largest absolute Gasteiger partial charge is 0.377 e. The molecule has 19 heavy (non-hydrogen) atoms. The second kappa shape index (κ2) is 3.96. The lowest BCUT2D eigenvalue weighted by Gasteiger charge is -2.67.